The first-order chi connectivity index (χ1) is 7.93. The van der Waals surface area contributed by atoms with Crippen LogP contribution >= 0.6 is 27.5 Å². The van der Waals surface area contributed by atoms with Gasteiger partial charge in [0.25, 0.3) is 0 Å². The molecule has 1 aliphatic rings. The number of halogens is 2. The van der Waals surface area contributed by atoms with Crippen LogP contribution in [-0.4, -0.2) is 11.7 Å². The Morgan fingerprint density at radius 3 is 2.59 bits per heavy atom. The largest absolute Gasteiger partial charge is 0.385 e. The summed E-state index contributed by atoms with van der Waals surface area (Å²) in [5.41, 5.74) is 5.45. The lowest BCUT2D eigenvalue weighted by Crippen LogP contribution is -2.53. The molecular weight excluding hydrogens is 302 g/mol. The molecule has 1 aromatic rings. The van der Waals surface area contributed by atoms with Crippen molar-refractivity contribution in [2.24, 2.45) is 11.1 Å². The Morgan fingerprint density at radius 2 is 2.18 bits per heavy atom. The van der Waals surface area contributed by atoms with Crippen LogP contribution in [0.5, 0.6) is 0 Å². The van der Waals surface area contributed by atoms with E-state index >= 15 is 0 Å². The first kappa shape index (κ1) is 13.3. The van der Waals surface area contributed by atoms with E-state index in [4.69, 9.17) is 17.3 Å². The predicted molar refractivity (Wildman–Crippen MR) is 74.1 cm³/mol. The van der Waals surface area contributed by atoms with Crippen molar-refractivity contribution in [1.29, 1.82) is 0 Å². The highest BCUT2D eigenvalue weighted by Crippen LogP contribution is 2.54. The predicted octanol–water partition coefficient (Wildman–Crippen LogP) is 3.44. The van der Waals surface area contributed by atoms with E-state index in [1.165, 1.54) is 0 Å². The quantitative estimate of drug-likeness (QED) is 0.897. The summed E-state index contributed by atoms with van der Waals surface area (Å²) in [6, 6.07) is 5.59. The third kappa shape index (κ3) is 2.03. The van der Waals surface area contributed by atoms with Crippen molar-refractivity contribution < 1.29 is 5.11 Å². The summed E-state index contributed by atoms with van der Waals surface area (Å²) < 4.78 is 0.914. The molecule has 0 bridgehead atoms. The van der Waals surface area contributed by atoms with Gasteiger partial charge in [0, 0.05) is 27.0 Å². The minimum atomic E-state index is -0.961. The maximum absolute atomic E-state index is 10.8. The summed E-state index contributed by atoms with van der Waals surface area (Å²) >= 11 is 9.60. The SMILES string of the molecule is CC(O)(c1ccc(Br)cc1Cl)C1(CN)CCC1. The number of nitrogens with two attached hydrogens (primary N) is 1. The minimum Gasteiger partial charge on any atom is -0.385 e. The average molecular weight is 319 g/mol. The molecule has 2 rings (SSSR count). The van der Waals surface area contributed by atoms with Crippen LogP contribution in [0, 0.1) is 5.41 Å². The molecular formula is C13H17BrClNO. The summed E-state index contributed by atoms with van der Waals surface area (Å²) in [4.78, 5) is 0. The molecule has 0 amide bonds. The van der Waals surface area contributed by atoms with Gasteiger partial charge >= 0.3 is 0 Å². The molecule has 3 N–H and O–H groups in total. The molecule has 17 heavy (non-hydrogen) atoms. The van der Waals surface area contributed by atoms with E-state index in [2.05, 4.69) is 15.9 Å². The van der Waals surface area contributed by atoms with Crippen molar-refractivity contribution in [2.75, 3.05) is 6.54 Å². The number of hydrogen-bond donors (Lipinski definition) is 2. The summed E-state index contributed by atoms with van der Waals surface area (Å²) in [6.45, 7) is 2.32. The molecule has 0 radical (unpaired) electrons. The van der Waals surface area contributed by atoms with E-state index in [1.54, 1.807) is 0 Å². The summed E-state index contributed by atoms with van der Waals surface area (Å²) in [6.07, 6.45) is 3.05. The van der Waals surface area contributed by atoms with Gasteiger partial charge in [-0.25, -0.2) is 0 Å². The molecule has 0 aromatic heterocycles. The van der Waals surface area contributed by atoms with Crippen molar-refractivity contribution in [1.82, 2.24) is 0 Å². The fourth-order valence-corrected chi connectivity index (χ4v) is 3.52. The zero-order valence-corrected chi connectivity index (χ0v) is 12.2. The Kier molecular flexibility index (Phi) is 3.56. The zero-order valence-electron chi connectivity index (χ0n) is 9.84. The highest BCUT2D eigenvalue weighted by molar-refractivity contribution is 9.10. The van der Waals surface area contributed by atoms with Gasteiger partial charge in [0.1, 0.15) is 0 Å². The fourth-order valence-electron chi connectivity index (χ4n) is 2.66. The van der Waals surface area contributed by atoms with Crippen molar-refractivity contribution in [3.63, 3.8) is 0 Å². The molecule has 1 atom stereocenters. The average Bonchev–Trinajstić information content (AvgIpc) is 2.15. The molecule has 1 aromatic carbocycles. The summed E-state index contributed by atoms with van der Waals surface area (Å²) in [5, 5.41) is 11.4. The molecule has 1 aliphatic carbocycles. The Balaban J connectivity index is 2.43. The number of rotatable bonds is 3. The molecule has 1 fully saturated rings. The second-order valence-electron chi connectivity index (χ2n) is 5.03. The van der Waals surface area contributed by atoms with E-state index in [-0.39, 0.29) is 5.41 Å². The standard InChI is InChI=1S/C13H17BrClNO/c1-12(17,13(8-16)5-2-6-13)10-4-3-9(14)7-11(10)15/h3-4,7,17H,2,5-6,8,16H2,1H3. The first-order valence-electron chi connectivity index (χ1n) is 5.81. The van der Waals surface area contributed by atoms with Gasteiger partial charge in [0.15, 0.2) is 0 Å². The van der Waals surface area contributed by atoms with E-state index in [1.807, 2.05) is 25.1 Å². The van der Waals surface area contributed by atoms with Gasteiger partial charge in [-0.15, -0.1) is 0 Å². The van der Waals surface area contributed by atoms with Gasteiger partial charge in [-0.1, -0.05) is 40.0 Å². The first-order valence-corrected chi connectivity index (χ1v) is 6.98. The van der Waals surface area contributed by atoms with Gasteiger partial charge in [0.2, 0.25) is 0 Å². The van der Waals surface area contributed by atoms with Crippen LogP contribution in [0.2, 0.25) is 5.02 Å². The Hall–Kier alpha value is -0.0900. The Labute approximate surface area is 115 Å². The maximum Gasteiger partial charge on any atom is 0.0950 e. The van der Waals surface area contributed by atoms with Crippen LogP contribution in [0.3, 0.4) is 0 Å². The highest BCUT2D eigenvalue weighted by atomic mass is 79.9. The third-order valence-electron chi connectivity index (χ3n) is 4.19. The molecule has 94 valence electrons. The van der Waals surface area contributed by atoms with Crippen LogP contribution in [0.4, 0.5) is 0 Å². The lowest BCUT2D eigenvalue weighted by atomic mass is 9.57. The second-order valence-corrected chi connectivity index (χ2v) is 6.36. The molecule has 0 aliphatic heterocycles. The van der Waals surface area contributed by atoms with Gasteiger partial charge in [-0.05, 0) is 31.9 Å². The Bertz CT molecular complexity index is 424. The van der Waals surface area contributed by atoms with Gasteiger partial charge < -0.3 is 10.8 Å². The maximum atomic E-state index is 10.8. The van der Waals surface area contributed by atoms with E-state index in [0.717, 1.165) is 29.3 Å². The van der Waals surface area contributed by atoms with Crippen LogP contribution in [-0.2, 0) is 5.60 Å². The van der Waals surface area contributed by atoms with Crippen molar-refractivity contribution in [2.45, 2.75) is 31.8 Å². The van der Waals surface area contributed by atoms with Crippen LogP contribution in [0.15, 0.2) is 22.7 Å². The smallest absolute Gasteiger partial charge is 0.0950 e. The normalized spacial score (nSPS) is 21.7. The zero-order chi connectivity index (χ0) is 12.7. The van der Waals surface area contributed by atoms with Crippen LogP contribution < -0.4 is 5.73 Å². The summed E-state index contributed by atoms with van der Waals surface area (Å²) in [7, 11) is 0. The molecule has 4 heteroatoms. The minimum absolute atomic E-state index is 0.218. The number of hydrogen-bond acceptors (Lipinski definition) is 2. The summed E-state index contributed by atoms with van der Waals surface area (Å²) in [5.74, 6) is 0. The van der Waals surface area contributed by atoms with Crippen LogP contribution in [0.25, 0.3) is 0 Å². The van der Waals surface area contributed by atoms with Crippen molar-refractivity contribution in [3.05, 3.63) is 33.3 Å². The molecule has 1 saturated carbocycles. The van der Waals surface area contributed by atoms with Crippen molar-refractivity contribution in [3.8, 4) is 0 Å². The fraction of sp³-hybridized carbons (Fsp3) is 0.538. The van der Waals surface area contributed by atoms with Gasteiger partial charge in [0.05, 0.1) is 5.60 Å². The lowest BCUT2D eigenvalue weighted by molar-refractivity contribution is -0.116. The monoisotopic (exact) mass is 317 g/mol. The third-order valence-corrected chi connectivity index (χ3v) is 5.00. The topological polar surface area (TPSA) is 46.2 Å². The highest BCUT2D eigenvalue weighted by Gasteiger charge is 2.51. The Morgan fingerprint density at radius 1 is 1.53 bits per heavy atom. The van der Waals surface area contributed by atoms with Crippen LogP contribution in [0.1, 0.15) is 31.7 Å². The number of benzene rings is 1. The molecule has 0 saturated heterocycles. The number of aliphatic hydroxyl groups is 1. The van der Waals surface area contributed by atoms with Gasteiger partial charge in [-0.2, -0.15) is 0 Å². The second kappa shape index (κ2) is 4.54. The molecule has 0 heterocycles. The lowest BCUT2D eigenvalue weighted by Gasteiger charge is -2.51. The molecule has 2 nitrogen and oxygen atoms in total. The van der Waals surface area contributed by atoms with E-state index < -0.39 is 5.60 Å². The molecule has 1 unspecified atom stereocenters. The van der Waals surface area contributed by atoms with E-state index in [0.29, 0.717) is 11.6 Å². The van der Waals surface area contributed by atoms with Crippen molar-refractivity contribution >= 4 is 27.5 Å². The van der Waals surface area contributed by atoms with E-state index in [9.17, 15) is 5.11 Å². The van der Waals surface area contributed by atoms with Gasteiger partial charge in [-0.3, -0.25) is 0 Å². The molecule has 0 spiro atoms.